The second kappa shape index (κ2) is 52.0. The molecule has 39 nitrogen and oxygen atoms in total. The third-order valence-electron chi connectivity index (χ3n) is 16.0. The van der Waals surface area contributed by atoms with Crippen molar-refractivity contribution in [3.05, 3.63) is 456 Å². The van der Waals surface area contributed by atoms with Gasteiger partial charge in [-0.2, -0.15) is 44.9 Å². The van der Waals surface area contributed by atoms with Crippen LogP contribution in [-0.4, -0.2) is 105 Å². The lowest BCUT2D eigenvalue weighted by Gasteiger charge is -2.06. The number of benzene rings is 9. The van der Waals surface area contributed by atoms with Crippen molar-refractivity contribution < 1.29 is 58.0 Å². The number of nitrogens with zero attached hydrogens (tertiary/aromatic N) is 9. The lowest BCUT2D eigenvalue weighted by atomic mass is 10.2. The Morgan fingerprint density at radius 2 is 0.511 bits per heavy atom. The lowest BCUT2D eigenvalue weighted by Crippen LogP contribution is -2.07. The third-order valence-corrected chi connectivity index (χ3v) is 16.8. The minimum absolute atomic E-state index is 0.0312. The average molecular weight is 1890 g/mol. The molecule has 9 aromatic heterocycles. The number of phenolic OH excluding ortho intramolecular Hbond substituents is 3. The number of para-hydroxylation sites is 4. The Labute approximate surface area is 775 Å². The summed E-state index contributed by atoms with van der Waals surface area (Å²) in [5.41, 5.74) is -0.361. The molecule has 0 aliphatic rings. The molecule has 18 aromatic rings. The monoisotopic (exact) mass is 1880 g/mol. The Morgan fingerprint density at radius 3 is 0.852 bits per heavy atom. The first-order valence-electron chi connectivity index (χ1n) is 39.0. The highest BCUT2D eigenvalue weighted by molar-refractivity contribution is 6.32. The van der Waals surface area contributed by atoms with Crippen LogP contribution in [0.5, 0.6) is 121 Å². The predicted octanol–water partition coefficient (Wildman–Crippen LogP) is 16.1. The molecule has 684 valence electrons. The molecule has 135 heavy (non-hydrogen) atoms. The number of aromatic nitrogens is 18. The maximum Gasteiger partial charge on any atom is 0.345 e. The summed E-state index contributed by atoms with van der Waals surface area (Å²) >= 11 is 17.4. The van der Waals surface area contributed by atoms with Gasteiger partial charge in [0.15, 0.2) is 63.2 Å². The SMILES string of the molecule is Cc1ccc(Oc2cnc(=O)[nH]c2)cc1.Cc1cccc(Oc2cnc(=O)[nH]c2)c1.Cc1ccccc1Oc1cnc(=O)[nH]c1.O=c1ncc(Oc2ccc(Cl)cc2)c[nH]1.O=c1ncc(Oc2ccc(O)cc2)c[nH]1.O=c1ncc(Oc2cccc(Cl)c2)c[nH]1.O=c1ncc(Oc2cccc(O)c2)c[nH]1.O=c1ncc(Oc2ccccc2Cl)c[nH]1.O=c1ncc(Oc2ccccc2O)c[nH]1. The van der Waals surface area contributed by atoms with Crippen molar-refractivity contribution in [1.29, 1.82) is 0 Å². The summed E-state index contributed by atoms with van der Waals surface area (Å²) in [6.45, 7) is 5.94. The Morgan fingerprint density at radius 1 is 0.222 bits per heavy atom. The molecule has 9 aromatic carbocycles. The van der Waals surface area contributed by atoms with E-state index >= 15 is 0 Å². The second-order valence-corrected chi connectivity index (χ2v) is 27.7. The minimum Gasteiger partial charge on any atom is -0.508 e. The van der Waals surface area contributed by atoms with E-state index in [9.17, 15) is 53.4 Å². The summed E-state index contributed by atoms with van der Waals surface area (Å²) in [5.74, 6) is 9.70. The van der Waals surface area contributed by atoms with Crippen molar-refractivity contribution in [2.45, 2.75) is 20.8 Å². The Kier molecular flexibility index (Phi) is 38.0. The molecule has 0 amide bonds. The molecule has 0 fully saturated rings. The topological polar surface area (TPSA) is 556 Å². The Balaban J connectivity index is 0.000000157. The summed E-state index contributed by atoms with van der Waals surface area (Å²) in [4.78, 5) is 150. The van der Waals surface area contributed by atoms with Crippen LogP contribution in [0, 0.1) is 20.8 Å². The van der Waals surface area contributed by atoms with E-state index in [1.807, 2.05) is 93.6 Å². The molecule has 0 saturated carbocycles. The Hall–Kier alpha value is -18.6. The largest absolute Gasteiger partial charge is 0.508 e. The molecule has 42 heteroatoms. The molecule has 0 radical (unpaired) electrons. The highest BCUT2D eigenvalue weighted by Crippen LogP contribution is 2.32. The van der Waals surface area contributed by atoms with Gasteiger partial charge < -0.3 is 103 Å². The number of rotatable bonds is 18. The molecule has 0 spiro atoms. The van der Waals surface area contributed by atoms with E-state index in [2.05, 4.69) is 89.7 Å². The van der Waals surface area contributed by atoms with Crippen LogP contribution in [0.15, 0.2) is 373 Å². The third kappa shape index (κ3) is 36.9. The fraction of sp³-hybridized carbons (Fsp3) is 0.0323. The van der Waals surface area contributed by atoms with Gasteiger partial charge in [0, 0.05) is 16.1 Å². The molecule has 0 unspecified atom stereocenters. The highest BCUT2D eigenvalue weighted by atomic mass is 35.5. The fourth-order valence-corrected chi connectivity index (χ4v) is 10.3. The number of hydrogen-bond acceptors (Lipinski definition) is 30. The van der Waals surface area contributed by atoms with Crippen molar-refractivity contribution in [3.63, 3.8) is 0 Å². The number of H-pyrrole nitrogens is 9. The van der Waals surface area contributed by atoms with Gasteiger partial charge in [-0.25, -0.2) is 43.2 Å². The zero-order valence-electron chi connectivity index (χ0n) is 70.5. The van der Waals surface area contributed by atoms with Crippen LogP contribution >= 0.6 is 34.8 Å². The Bertz CT molecular complexity index is 6550. The zero-order chi connectivity index (χ0) is 96.1. The number of halogens is 3. The minimum atomic E-state index is -0.445. The smallest absolute Gasteiger partial charge is 0.345 e. The van der Waals surface area contributed by atoms with Crippen molar-refractivity contribution >= 4 is 34.8 Å². The van der Waals surface area contributed by atoms with Gasteiger partial charge in [-0.15, -0.1) is 0 Å². The van der Waals surface area contributed by atoms with Crippen LogP contribution in [0.25, 0.3) is 0 Å². The zero-order valence-corrected chi connectivity index (χ0v) is 72.8. The van der Waals surface area contributed by atoms with Gasteiger partial charge in [0.1, 0.15) is 57.5 Å². The molecule has 12 N–H and O–H groups in total. The fourth-order valence-electron chi connectivity index (χ4n) is 9.79. The van der Waals surface area contributed by atoms with Gasteiger partial charge in [0.05, 0.1) is 117 Å². The number of nitrogens with one attached hydrogen (secondary N) is 9. The number of hydrogen-bond donors (Lipinski definition) is 12. The van der Waals surface area contributed by atoms with Gasteiger partial charge in [-0.05, 0) is 165 Å². The van der Waals surface area contributed by atoms with Crippen LogP contribution in [0.4, 0.5) is 0 Å². The molecular formula is C93H75Cl3N18O21. The van der Waals surface area contributed by atoms with Crippen LogP contribution in [0.3, 0.4) is 0 Å². The quantitative estimate of drug-likeness (QED) is 0.0379. The first-order valence-corrected chi connectivity index (χ1v) is 40.2. The van der Waals surface area contributed by atoms with Crippen LogP contribution in [0.1, 0.15) is 16.7 Å². The molecule has 0 atom stereocenters. The molecule has 0 aliphatic carbocycles. The van der Waals surface area contributed by atoms with Gasteiger partial charge in [-0.1, -0.05) is 119 Å². The molecule has 0 aliphatic heterocycles. The van der Waals surface area contributed by atoms with Crippen LogP contribution < -0.4 is 93.8 Å². The van der Waals surface area contributed by atoms with Gasteiger partial charge in [0.2, 0.25) is 0 Å². The van der Waals surface area contributed by atoms with E-state index in [0.717, 1.165) is 28.4 Å². The van der Waals surface area contributed by atoms with Crippen molar-refractivity contribution in [2.75, 3.05) is 0 Å². The van der Waals surface area contributed by atoms with Gasteiger partial charge in [-0.3, -0.25) is 0 Å². The number of aryl methyl sites for hydroxylation is 3. The van der Waals surface area contributed by atoms with E-state index in [4.69, 9.17) is 82.5 Å². The lowest BCUT2D eigenvalue weighted by molar-refractivity contribution is 0.409. The number of phenols is 3. The molecular weight excluding hydrogens is 1810 g/mol. The van der Waals surface area contributed by atoms with E-state index in [0.29, 0.717) is 101 Å². The summed E-state index contributed by atoms with van der Waals surface area (Å²) < 4.78 is 48.6. The van der Waals surface area contributed by atoms with Crippen LogP contribution in [0.2, 0.25) is 15.1 Å². The van der Waals surface area contributed by atoms with Crippen molar-refractivity contribution in [2.24, 2.45) is 0 Å². The summed E-state index contributed by atoms with van der Waals surface area (Å²) in [6.07, 6.45) is 25.1. The second-order valence-electron chi connectivity index (χ2n) is 26.4. The average Bonchev–Trinajstić information content (AvgIpc) is 0.874. The molecule has 0 saturated heterocycles. The van der Waals surface area contributed by atoms with Gasteiger partial charge in [0.25, 0.3) is 0 Å². The molecule has 18 rings (SSSR count). The predicted molar refractivity (Wildman–Crippen MR) is 497 cm³/mol. The normalized spacial score (nSPS) is 9.91. The van der Waals surface area contributed by atoms with E-state index in [1.54, 1.807) is 115 Å². The highest BCUT2D eigenvalue weighted by Gasteiger charge is 2.09. The number of aromatic amines is 9. The molecule has 0 bridgehead atoms. The number of ether oxygens (including phenoxy) is 9. The number of aromatic hydroxyl groups is 3. The van der Waals surface area contributed by atoms with E-state index < -0.39 is 34.1 Å². The first kappa shape index (κ1) is 98.5. The maximum atomic E-state index is 10.7. The standard InChI is InChI=1S/3C11H10N2O2.3C10H7ClN2O2.3C10H8N2O3/c1-8-2-4-9(5-3-8)15-10-6-12-11(14)13-7-10;1-8-3-2-4-9(5-8)15-10-6-12-11(14)13-7-10;1-8-4-2-3-5-10(8)15-9-6-12-11(14)13-7-9;11-7-1-3-8(4-2-7)15-9-5-12-10(14)13-6-9;11-7-2-1-3-8(4-7)15-9-5-12-10(14)13-6-9;11-8-3-1-2-4-9(8)15-7-5-12-10(14)13-6-7;13-7-1-3-8(4-2-7)15-9-5-11-10(14)12-6-9;13-7-2-1-3-8(4-7)15-9-5-11-10(14)12-6-9;13-8-3-1-2-4-9(8)15-7-5-11-10(14)12-6-7/h3*2-7H,1H3,(H,12,13,14);3*1-6H,(H,12,13,14);3*1-6,13H,(H,11,12,14). The van der Waals surface area contributed by atoms with Crippen LogP contribution in [-0.2, 0) is 0 Å². The van der Waals surface area contributed by atoms with E-state index in [-0.39, 0.29) is 34.3 Å². The van der Waals surface area contributed by atoms with Crippen molar-refractivity contribution in [3.8, 4) is 121 Å². The first-order chi connectivity index (χ1) is 65.2. The van der Waals surface area contributed by atoms with Gasteiger partial charge >= 0.3 is 51.2 Å². The summed E-state index contributed by atoms with van der Waals surface area (Å²) in [6, 6.07) is 63.0. The van der Waals surface area contributed by atoms with E-state index in [1.165, 1.54) is 147 Å². The van der Waals surface area contributed by atoms with Crippen molar-refractivity contribution in [1.82, 2.24) is 89.7 Å². The summed E-state index contributed by atoms with van der Waals surface area (Å²) in [5, 5.41) is 29.4. The maximum absolute atomic E-state index is 10.7. The summed E-state index contributed by atoms with van der Waals surface area (Å²) in [7, 11) is 0. The molecule has 9 heterocycles.